The van der Waals surface area contributed by atoms with Gasteiger partial charge in [0.2, 0.25) is 17.6 Å². The minimum atomic E-state index is -0.0659. The number of benzene rings is 2. The van der Waals surface area contributed by atoms with Gasteiger partial charge in [-0.1, -0.05) is 22.8 Å². The van der Waals surface area contributed by atoms with E-state index in [-0.39, 0.29) is 11.8 Å². The van der Waals surface area contributed by atoms with Gasteiger partial charge < -0.3 is 14.6 Å². The van der Waals surface area contributed by atoms with Crippen molar-refractivity contribution in [1.82, 2.24) is 15.0 Å². The summed E-state index contributed by atoms with van der Waals surface area (Å²) in [5.41, 5.74) is 2.59. The van der Waals surface area contributed by atoms with E-state index in [2.05, 4.69) is 20.4 Å². The van der Waals surface area contributed by atoms with E-state index in [9.17, 15) is 4.79 Å². The number of nitrogens with one attached hydrogen (secondary N) is 1. The van der Waals surface area contributed by atoms with Crippen molar-refractivity contribution in [3.05, 3.63) is 58.9 Å². The number of hydrogen-bond donors (Lipinski definition) is 1. The fourth-order valence-electron chi connectivity index (χ4n) is 3.71. The Hall–Kier alpha value is -2.90. The van der Waals surface area contributed by atoms with Crippen LogP contribution in [-0.2, 0) is 4.79 Å². The lowest BCUT2D eigenvalue weighted by Crippen LogP contribution is -2.38. The Morgan fingerprint density at radius 2 is 1.97 bits per heavy atom. The molecule has 2 heterocycles. The molecule has 0 bridgehead atoms. The Kier molecular flexibility index (Phi) is 6.53. The summed E-state index contributed by atoms with van der Waals surface area (Å²) in [6, 6.07) is 13.2. The van der Waals surface area contributed by atoms with E-state index < -0.39 is 0 Å². The predicted molar refractivity (Wildman–Crippen MR) is 120 cm³/mol. The minimum Gasteiger partial charge on any atom is -0.497 e. The standard InChI is InChI=1S/C23H25ClN4O3/c1-15-3-8-20(19(24)13-15)25-21(29)14-28-11-9-17(10-12-28)23-26-22(27-31-23)16-4-6-18(30-2)7-5-16/h3-8,13,17H,9-12,14H2,1-2H3,(H,25,29). The van der Waals surface area contributed by atoms with Gasteiger partial charge in [-0.2, -0.15) is 4.98 Å². The van der Waals surface area contributed by atoms with Crippen molar-refractivity contribution < 1.29 is 14.1 Å². The zero-order chi connectivity index (χ0) is 21.8. The number of piperidine rings is 1. The van der Waals surface area contributed by atoms with Gasteiger partial charge in [-0.05, 0) is 74.8 Å². The lowest BCUT2D eigenvalue weighted by molar-refractivity contribution is -0.117. The SMILES string of the molecule is COc1ccc(-c2noc(C3CCN(CC(=O)Nc4ccc(C)cc4Cl)CC3)n2)cc1. The molecule has 1 N–H and O–H groups in total. The van der Waals surface area contributed by atoms with Crippen LogP contribution < -0.4 is 10.1 Å². The fraction of sp³-hybridized carbons (Fsp3) is 0.348. The van der Waals surface area contributed by atoms with Gasteiger partial charge in [0.05, 0.1) is 24.4 Å². The molecule has 4 rings (SSSR count). The Balaban J connectivity index is 1.29. The Morgan fingerprint density at radius 1 is 1.23 bits per heavy atom. The Morgan fingerprint density at radius 3 is 2.65 bits per heavy atom. The quantitative estimate of drug-likeness (QED) is 0.606. The van der Waals surface area contributed by atoms with E-state index in [1.807, 2.05) is 49.4 Å². The third-order valence-electron chi connectivity index (χ3n) is 5.49. The second-order valence-corrected chi connectivity index (χ2v) is 8.17. The molecule has 1 saturated heterocycles. The molecule has 3 aromatic rings. The molecule has 0 unspecified atom stereocenters. The van der Waals surface area contributed by atoms with Crippen LogP contribution in [0, 0.1) is 6.92 Å². The summed E-state index contributed by atoms with van der Waals surface area (Å²) in [6.07, 6.45) is 1.73. The predicted octanol–water partition coefficient (Wildman–Crippen LogP) is 4.53. The topological polar surface area (TPSA) is 80.5 Å². The van der Waals surface area contributed by atoms with Crippen molar-refractivity contribution in [3.63, 3.8) is 0 Å². The van der Waals surface area contributed by atoms with Gasteiger partial charge in [0.25, 0.3) is 0 Å². The van der Waals surface area contributed by atoms with Crippen molar-refractivity contribution in [1.29, 1.82) is 0 Å². The molecule has 1 aliphatic heterocycles. The van der Waals surface area contributed by atoms with Gasteiger partial charge in [-0.25, -0.2) is 0 Å². The summed E-state index contributed by atoms with van der Waals surface area (Å²) < 4.78 is 10.7. The maximum absolute atomic E-state index is 12.4. The third-order valence-corrected chi connectivity index (χ3v) is 5.81. The number of amides is 1. The molecule has 31 heavy (non-hydrogen) atoms. The van der Waals surface area contributed by atoms with Crippen LogP contribution in [0.5, 0.6) is 5.75 Å². The van der Waals surface area contributed by atoms with Crippen LogP contribution in [0.25, 0.3) is 11.4 Å². The van der Waals surface area contributed by atoms with Crippen LogP contribution in [0.1, 0.15) is 30.2 Å². The second-order valence-electron chi connectivity index (χ2n) is 7.77. The molecule has 1 fully saturated rings. The van der Waals surface area contributed by atoms with Gasteiger partial charge in [-0.15, -0.1) is 0 Å². The van der Waals surface area contributed by atoms with Crippen LogP contribution in [0.3, 0.4) is 0 Å². The number of carbonyl (C=O) groups is 1. The lowest BCUT2D eigenvalue weighted by Gasteiger charge is -2.29. The van der Waals surface area contributed by atoms with Gasteiger partial charge in [-0.3, -0.25) is 9.69 Å². The molecule has 0 saturated carbocycles. The maximum atomic E-state index is 12.4. The van der Waals surface area contributed by atoms with Crippen LogP contribution in [0.2, 0.25) is 5.02 Å². The smallest absolute Gasteiger partial charge is 0.238 e. The molecule has 1 aromatic heterocycles. The van der Waals surface area contributed by atoms with E-state index >= 15 is 0 Å². The Labute approximate surface area is 186 Å². The van der Waals surface area contributed by atoms with Gasteiger partial charge in [0, 0.05) is 11.5 Å². The first-order valence-electron chi connectivity index (χ1n) is 10.3. The number of likely N-dealkylation sites (tertiary alicyclic amines) is 1. The number of nitrogens with zero attached hydrogens (tertiary/aromatic N) is 3. The number of aromatic nitrogens is 2. The van der Waals surface area contributed by atoms with E-state index in [0.717, 1.165) is 42.8 Å². The van der Waals surface area contributed by atoms with Crippen LogP contribution in [-0.4, -0.2) is 47.7 Å². The van der Waals surface area contributed by atoms with Crippen LogP contribution >= 0.6 is 11.6 Å². The fourth-order valence-corrected chi connectivity index (χ4v) is 3.99. The molecule has 2 aromatic carbocycles. The molecule has 0 spiro atoms. The van der Waals surface area contributed by atoms with E-state index in [4.69, 9.17) is 20.9 Å². The highest BCUT2D eigenvalue weighted by atomic mass is 35.5. The molecular weight excluding hydrogens is 416 g/mol. The van der Waals surface area contributed by atoms with Gasteiger partial charge in [0.1, 0.15) is 5.75 Å². The maximum Gasteiger partial charge on any atom is 0.238 e. The monoisotopic (exact) mass is 440 g/mol. The number of anilines is 1. The first kappa shape index (κ1) is 21.3. The summed E-state index contributed by atoms with van der Waals surface area (Å²) in [5.74, 6) is 2.15. The summed E-state index contributed by atoms with van der Waals surface area (Å²) in [6.45, 7) is 3.88. The highest BCUT2D eigenvalue weighted by Gasteiger charge is 2.26. The van der Waals surface area contributed by atoms with Crippen molar-refractivity contribution in [2.24, 2.45) is 0 Å². The number of rotatable bonds is 6. The zero-order valence-corrected chi connectivity index (χ0v) is 18.4. The van der Waals surface area contributed by atoms with E-state index in [0.29, 0.717) is 29.0 Å². The molecule has 162 valence electrons. The van der Waals surface area contributed by atoms with Gasteiger partial charge >= 0.3 is 0 Å². The summed E-state index contributed by atoms with van der Waals surface area (Å²) in [5, 5.41) is 7.58. The number of methoxy groups -OCH3 is 1. The average Bonchev–Trinajstić information content (AvgIpc) is 3.26. The highest BCUT2D eigenvalue weighted by molar-refractivity contribution is 6.33. The van der Waals surface area contributed by atoms with Crippen LogP contribution in [0.15, 0.2) is 47.0 Å². The molecule has 1 amide bonds. The number of halogens is 1. The van der Waals surface area contributed by atoms with E-state index in [1.165, 1.54) is 0 Å². The number of aryl methyl sites for hydroxylation is 1. The summed E-state index contributed by atoms with van der Waals surface area (Å²) >= 11 is 6.21. The lowest BCUT2D eigenvalue weighted by atomic mass is 9.97. The Bertz CT molecular complexity index is 1040. The normalized spacial score (nSPS) is 15.1. The van der Waals surface area contributed by atoms with Crippen molar-refractivity contribution in [2.45, 2.75) is 25.7 Å². The van der Waals surface area contributed by atoms with Gasteiger partial charge in [0.15, 0.2) is 0 Å². The molecule has 0 atom stereocenters. The second kappa shape index (κ2) is 9.49. The minimum absolute atomic E-state index is 0.0659. The third kappa shape index (κ3) is 5.24. The van der Waals surface area contributed by atoms with E-state index in [1.54, 1.807) is 7.11 Å². The highest BCUT2D eigenvalue weighted by Crippen LogP contribution is 2.29. The van der Waals surface area contributed by atoms with Crippen molar-refractivity contribution in [2.75, 3.05) is 32.1 Å². The molecule has 1 aliphatic rings. The van der Waals surface area contributed by atoms with Crippen molar-refractivity contribution >= 4 is 23.2 Å². The molecule has 8 heteroatoms. The zero-order valence-electron chi connectivity index (χ0n) is 17.6. The summed E-state index contributed by atoms with van der Waals surface area (Å²) in [4.78, 5) is 19.1. The number of hydrogen-bond acceptors (Lipinski definition) is 6. The first-order chi connectivity index (χ1) is 15.0. The number of carbonyl (C=O) groups excluding carboxylic acids is 1. The molecule has 0 aliphatic carbocycles. The molecule has 7 nitrogen and oxygen atoms in total. The first-order valence-corrected chi connectivity index (χ1v) is 10.7. The molecular formula is C23H25ClN4O3. The summed E-state index contributed by atoms with van der Waals surface area (Å²) in [7, 11) is 1.63. The average molecular weight is 441 g/mol. The number of ether oxygens (including phenoxy) is 1. The van der Waals surface area contributed by atoms with Crippen molar-refractivity contribution in [3.8, 4) is 17.1 Å². The molecule has 0 radical (unpaired) electrons. The van der Waals surface area contributed by atoms with Crippen LogP contribution in [0.4, 0.5) is 5.69 Å². The largest absolute Gasteiger partial charge is 0.497 e.